The number of hydrogen-bond acceptors (Lipinski definition) is 1. The van der Waals surface area contributed by atoms with Crippen LogP contribution in [0.2, 0.25) is 0 Å². The molecule has 2 nitrogen and oxygen atoms in total. The van der Waals surface area contributed by atoms with E-state index in [0.717, 1.165) is 24.0 Å². The largest absolute Gasteiger partial charge is 0.435 e. The van der Waals surface area contributed by atoms with Crippen LogP contribution in [0.3, 0.4) is 0 Å². The van der Waals surface area contributed by atoms with Gasteiger partial charge in [-0.3, -0.25) is 0 Å². The minimum Gasteiger partial charge on any atom is -0.237 e. The lowest BCUT2D eigenvalue weighted by Crippen LogP contribution is -2.11. The highest BCUT2D eigenvalue weighted by Gasteiger charge is 2.39. The molecule has 0 saturated carbocycles. The Kier molecular flexibility index (Phi) is 3.93. The summed E-state index contributed by atoms with van der Waals surface area (Å²) in [5, 5.41) is 3.90. The Morgan fingerprint density at radius 1 is 1.23 bits per heavy atom. The molecule has 0 atom stereocenters. The Morgan fingerprint density at radius 3 is 2.64 bits per heavy atom. The summed E-state index contributed by atoms with van der Waals surface area (Å²) in [6.45, 7) is 1.93. The third-order valence-corrected chi connectivity index (χ3v) is 4.34. The fourth-order valence-corrected chi connectivity index (χ4v) is 3.27. The first-order valence-electron chi connectivity index (χ1n) is 7.25. The molecule has 0 aliphatic heterocycles. The summed E-state index contributed by atoms with van der Waals surface area (Å²) in [6.07, 6.45) is -1.70. The van der Waals surface area contributed by atoms with Gasteiger partial charge in [0.25, 0.3) is 0 Å². The van der Waals surface area contributed by atoms with E-state index in [4.69, 9.17) is 11.6 Å². The van der Waals surface area contributed by atoms with Crippen molar-refractivity contribution in [2.24, 2.45) is 0 Å². The van der Waals surface area contributed by atoms with Crippen molar-refractivity contribution in [2.75, 3.05) is 0 Å². The standard InChI is InChI=1S/C16H16ClF3N2/c1-10-6-7-13(11(8-10)9-17)22-14-5-3-2-4-12(14)15(21-22)16(18,19)20/h6-8H,2-5,9H2,1H3. The van der Waals surface area contributed by atoms with Gasteiger partial charge in [-0.05, 0) is 44.2 Å². The Balaban J connectivity index is 2.22. The number of rotatable bonds is 2. The van der Waals surface area contributed by atoms with E-state index in [9.17, 15) is 13.2 Å². The molecule has 0 bridgehead atoms. The number of nitrogens with zero attached hydrogens (tertiary/aromatic N) is 2. The van der Waals surface area contributed by atoms with Gasteiger partial charge in [-0.1, -0.05) is 17.7 Å². The van der Waals surface area contributed by atoms with Gasteiger partial charge in [0.05, 0.1) is 5.69 Å². The summed E-state index contributed by atoms with van der Waals surface area (Å²) in [5.41, 5.74) is 2.74. The lowest BCUT2D eigenvalue weighted by atomic mass is 9.95. The van der Waals surface area contributed by atoms with Crippen molar-refractivity contribution in [2.45, 2.75) is 44.7 Å². The Labute approximate surface area is 131 Å². The molecule has 118 valence electrons. The highest BCUT2D eigenvalue weighted by Crippen LogP contribution is 2.37. The summed E-state index contributed by atoms with van der Waals surface area (Å²) in [6, 6.07) is 5.57. The first kappa shape index (κ1) is 15.4. The van der Waals surface area contributed by atoms with Crippen LogP contribution in [0.15, 0.2) is 18.2 Å². The van der Waals surface area contributed by atoms with E-state index in [2.05, 4.69) is 5.10 Å². The van der Waals surface area contributed by atoms with Crippen LogP contribution < -0.4 is 0 Å². The van der Waals surface area contributed by atoms with Crippen LogP contribution >= 0.6 is 11.6 Å². The molecule has 1 aliphatic rings. The monoisotopic (exact) mass is 328 g/mol. The smallest absolute Gasteiger partial charge is 0.237 e. The number of halogens is 4. The molecule has 0 radical (unpaired) electrons. The van der Waals surface area contributed by atoms with Gasteiger partial charge >= 0.3 is 6.18 Å². The fraction of sp³-hybridized carbons (Fsp3) is 0.438. The summed E-state index contributed by atoms with van der Waals surface area (Å²) < 4.78 is 41.2. The number of alkyl halides is 4. The number of aromatic nitrogens is 2. The second kappa shape index (κ2) is 5.61. The van der Waals surface area contributed by atoms with Gasteiger partial charge in [-0.2, -0.15) is 18.3 Å². The van der Waals surface area contributed by atoms with Gasteiger partial charge in [0.15, 0.2) is 5.69 Å². The summed E-state index contributed by atoms with van der Waals surface area (Å²) in [5.74, 6) is 0.243. The summed E-state index contributed by atoms with van der Waals surface area (Å²) >= 11 is 5.97. The molecule has 1 heterocycles. The van der Waals surface area contributed by atoms with E-state index in [1.165, 1.54) is 4.68 Å². The summed E-state index contributed by atoms with van der Waals surface area (Å²) in [4.78, 5) is 0. The average Bonchev–Trinajstić information content (AvgIpc) is 2.87. The van der Waals surface area contributed by atoms with Crippen molar-refractivity contribution in [1.29, 1.82) is 0 Å². The van der Waals surface area contributed by atoms with Crippen LogP contribution in [0.4, 0.5) is 13.2 Å². The Hall–Kier alpha value is -1.49. The number of fused-ring (bicyclic) bond motifs is 1. The molecule has 3 rings (SSSR count). The molecule has 0 amide bonds. The lowest BCUT2D eigenvalue weighted by molar-refractivity contribution is -0.142. The predicted molar refractivity (Wildman–Crippen MR) is 79.5 cm³/mol. The second-order valence-electron chi connectivity index (χ2n) is 5.66. The normalized spacial score (nSPS) is 15.0. The van der Waals surface area contributed by atoms with E-state index >= 15 is 0 Å². The second-order valence-corrected chi connectivity index (χ2v) is 5.92. The van der Waals surface area contributed by atoms with Crippen LogP contribution in [0, 0.1) is 6.92 Å². The van der Waals surface area contributed by atoms with Crippen molar-refractivity contribution in [3.63, 3.8) is 0 Å². The maximum absolute atomic E-state index is 13.2. The van der Waals surface area contributed by atoms with Crippen molar-refractivity contribution in [1.82, 2.24) is 9.78 Å². The van der Waals surface area contributed by atoms with Crippen LogP contribution in [-0.2, 0) is 24.9 Å². The van der Waals surface area contributed by atoms with Crippen molar-refractivity contribution >= 4 is 11.6 Å². The average molecular weight is 329 g/mol. The highest BCUT2D eigenvalue weighted by molar-refractivity contribution is 6.17. The molecule has 0 fully saturated rings. The SMILES string of the molecule is Cc1ccc(-n2nc(C(F)(F)F)c3c2CCCC3)c(CCl)c1. The van der Waals surface area contributed by atoms with Gasteiger partial charge in [-0.25, -0.2) is 4.68 Å². The third kappa shape index (κ3) is 2.62. The van der Waals surface area contributed by atoms with Crippen molar-refractivity contribution in [3.8, 4) is 5.69 Å². The number of aryl methyl sites for hydroxylation is 1. The van der Waals surface area contributed by atoms with E-state index in [1.54, 1.807) is 6.07 Å². The molecule has 2 aromatic rings. The predicted octanol–water partition coefficient (Wildman–Crippen LogP) is 4.82. The highest BCUT2D eigenvalue weighted by atomic mass is 35.5. The van der Waals surface area contributed by atoms with Crippen LogP contribution in [-0.4, -0.2) is 9.78 Å². The molecule has 1 aromatic heterocycles. The molecule has 0 unspecified atom stereocenters. The van der Waals surface area contributed by atoms with Gasteiger partial charge in [0.2, 0.25) is 0 Å². The zero-order valence-electron chi connectivity index (χ0n) is 12.2. The Bertz CT molecular complexity index is 704. The van der Waals surface area contributed by atoms with Gasteiger partial charge in [0.1, 0.15) is 0 Å². The zero-order chi connectivity index (χ0) is 15.9. The molecule has 0 N–H and O–H groups in total. The topological polar surface area (TPSA) is 17.8 Å². The van der Waals surface area contributed by atoms with E-state index < -0.39 is 11.9 Å². The van der Waals surface area contributed by atoms with Gasteiger partial charge in [-0.15, -0.1) is 11.6 Å². The van der Waals surface area contributed by atoms with Crippen molar-refractivity contribution < 1.29 is 13.2 Å². The van der Waals surface area contributed by atoms with E-state index in [1.807, 2.05) is 19.1 Å². The molecule has 0 saturated heterocycles. The molecule has 0 spiro atoms. The minimum absolute atomic E-state index is 0.243. The number of hydrogen-bond donors (Lipinski definition) is 0. The molecule has 1 aliphatic carbocycles. The van der Waals surface area contributed by atoms with Gasteiger partial charge < -0.3 is 0 Å². The maximum atomic E-state index is 13.2. The maximum Gasteiger partial charge on any atom is 0.435 e. The van der Waals surface area contributed by atoms with Crippen LogP contribution in [0.25, 0.3) is 5.69 Å². The quantitative estimate of drug-likeness (QED) is 0.723. The van der Waals surface area contributed by atoms with E-state index in [0.29, 0.717) is 29.8 Å². The van der Waals surface area contributed by atoms with Crippen LogP contribution in [0.1, 0.15) is 40.9 Å². The minimum atomic E-state index is -4.42. The first-order chi connectivity index (χ1) is 10.4. The lowest BCUT2D eigenvalue weighted by Gasteiger charge is -2.16. The molecular formula is C16H16ClF3N2. The third-order valence-electron chi connectivity index (χ3n) is 4.06. The van der Waals surface area contributed by atoms with Crippen LogP contribution in [0.5, 0.6) is 0 Å². The van der Waals surface area contributed by atoms with Crippen molar-refractivity contribution in [3.05, 3.63) is 46.3 Å². The number of benzene rings is 1. The molecule has 22 heavy (non-hydrogen) atoms. The van der Waals surface area contributed by atoms with E-state index in [-0.39, 0.29) is 5.88 Å². The fourth-order valence-electron chi connectivity index (χ4n) is 3.05. The zero-order valence-corrected chi connectivity index (χ0v) is 12.9. The first-order valence-corrected chi connectivity index (χ1v) is 7.79. The Morgan fingerprint density at radius 2 is 1.95 bits per heavy atom. The summed E-state index contributed by atoms with van der Waals surface area (Å²) in [7, 11) is 0. The molecule has 1 aromatic carbocycles. The molecular weight excluding hydrogens is 313 g/mol. The molecule has 6 heteroatoms. The van der Waals surface area contributed by atoms with Gasteiger partial charge in [0, 0.05) is 17.1 Å².